The van der Waals surface area contributed by atoms with Gasteiger partial charge in [-0.05, 0) is 88.0 Å². The molecule has 0 atom stereocenters. The van der Waals surface area contributed by atoms with Gasteiger partial charge in [-0.25, -0.2) is 4.98 Å². The Bertz CT molecular complexity index is 2450. The molecular formula is C47H32N2. The van der Waals surface area contributed by atoms with E-state index in [1.165, 1.54) is 32.9 Å². The van der Waals surface area contributed by atoms with Crippen molar-refractivity contribution in [3.63, 3.8) is 0 Å². The van der Waals surface area contributed by atoms with E-state index in [1.807, 2.05) is 6.07 Å². The summed E-state index contributed by atoms with van der Waals surface area (Å²) < 4.78 is 2.37. The van der Waals surface area contributed by atoms with Gasteiger partial charge in [0, 0.05) is 27.6 Å². The van der Waals surface area contributed by atoms with Crippen LogP contribution in [0.25, 0.3) is 83.4 Å². The summed E-state index contributed by atoms with van der Waals surface area (Å²) >= 11 is 0. The van der Waals surface area contributed by atoms with Crippen LogP contribution in [-0.4, -0.2) is 9.55 Å². The first-order chi connectivity index (χ1) is 24.3. The third-order valence-corrected chi connectivity index (χ3v) is 9.38. The van der Waals surface area contributed by atoms with Crippen molar-refractivity contribution in [2.45, 2.75) is 0 Å². The minimum atomic E-state index is 0.945. The van der Waals surface area contributed by atoms with Gasteiger partial charge in [-0.15, -0.1) is 0 Å². The minimum Gasteiger partial charge on any atom is -0.309 e. The standard InChI is InChI=1S/C47H32N2/c1-4-14-33(15-5-1)37-28-38(35-24-26-41(27-25-35)49-46-22-12-10-20-42(46)43-21-11-13-23-47(43)49)30-40(29-37)45-32-39(34-16-6-2-7-17-34)31-44(48-45)36-18-8-3-9-19-36/h1-32H. The molecule has 2 nitrogen and oxygen atoms in total. The fourth-order valence-corrected chi connectivity index (χ4v) is 6.98. The maximum absolute atomic E-state index is 5.27. The Labute approximate surface area is 286 Å². The van der Waals surface area contributed by atoms with Crippen LogP contribution in [0.15, 0.2) is 194 Å². The number of para-hydroxylation sites is 2. The second kappa shape index (κ2) is 12.3. The highest BCUT2D eigenvalue weighted by Crippen LogP contribution is 2.37. The van der Waals surface area contributed by atoms with Crippen molar-refractivity contribution in [1.29, 1.82) is 0 Å². The SMILES string of the molecule is c1ccc(-c2cc(-c3ccc(-n4c5ccccc5c5ccccc54)cc3)cc(-c3cc(-c4ccccc4)cc(-c4ccccc4)n3)c2)cc1. The first-order valence-electron chi connectivity index (χ1n) is 16.7. The minimum absolute atomic E-state index is 0.945. The molecule has 49 heavy (non-hydrogen) atoms. The molecule has 9 aromatic rings. The summed E-state index contributed by atoms with van der Waals surface area (Å²) in [7, 11) is 0. The Balaban J connectivity index is 1.20. The Morgan fingerprint density at radius 2 is 0.673 bits per heavy atom. The number of aromatic nitrogens is 2. The zero-order chi connectivity index (χ0) is 32.6. The van der Waals surface area contributed by atoms with Gasteiger partial charge in [-0.1, -0.05) is 140 Å². The number of hydrogen-bond donors (Lipinski definition) is 0. The largest absolute Gasteiger partial charge is 0.309 e. The number of nitrogens with zero attached hydrogens (tertiary/aromatic N) is 2. The third kappa shape index (κ3) is 5.40. The van der Waals surface area contributed by atoms with Crippen LogP contribution in [0.1, 0.15) is 0 Å². The number of rotatable bonds is 6. The molecule has 0 aliphatic heterocycles. The summed E-state index contributed by atoms with van der Waals surface area (Å²) in [6.07, 6.45) is 0. The lowest BCUT2D eigenvalue weighted by Crippen LogP contribution is -1.94. The topological polar surface area (TPSA) is 17.8 Å². The average Bonchev–Trinajstić information content (AvgIpc) is 3.53. The maximum atomic E-state index is 5.27. The molecule has 0 saturated heterocycles. The van der Waals surface area contributed by atoms with Gasteiger partial charge in [-0.2, -0.15) is 0 Å². The highest BCUT2D eigenvalue weighted by molar-refractivity contribution is 6.09. The zero-order valence-corrected chi connectivity index (χ0v) is 26.9. The van der Waals surface area contributed by atoms with Crippen molar-refractivity contribution in [2.24, 2.45) is 0 Å². The molecule has 0 spiro atoms. The lowest BCUT2D eigenvalue weighted by molar-refractivity contribution is 1.18. The molecule has 0 amide bonds. The number of fused-ring (bicyclic) bond motifs is 3. The summed E-state index contributed by atoms with van der Waals surface area (Å²) in [5, 5.41) is 2.53. The highest BCUT2D eigenvalue weighted by atomic mass is 15.0. The van der Waals surface area contributed by atoms with Gasteiger partial charge < -0.3 is 4.57 Å². The van der Waals surface area contributed by atoms with Gasteiger partial charge in [0.2, 0.25) is 0 Å². The van der Waals surface area contributed by atoms with Crippen LogP contribution >= 0.6 is 0 Å². The van der Waals surface area contributed by atoms with Crippen molar-refractivity contribution in [1.82, 2.24) is 9.55 Å². The van der Waals surface area contributed by atoms with E-state index >= 15 is 0 Å². The van der Waals surface area contributed by atoms with Gasteiger partial charge in [0.05, 0.1) is 22.4 Å². The summed E-state index contributed by atoms with van der Waals surface area (Å²) in [5.41, 5.74) is 14.6. The molecule has 2 heterocycles. The van der Waals surface area contributed by atoms with Gasteiger partial charge >= 0.3 is 0 Å². The van der Waals surface area contributed by atoms with Crippen LogP contribution in [0.4, 0.5) is 0 Å². The second-order valence-corrected chi connectivity index (χ2v) is 12.4. The molecule has 2 heteroatoms. The summed E-state index contributed by atoms with van der Waals surface area (Å²) in [5.74, 6) is 0. The molecule has 0 saturated carbocycles. The van der Waals surface area contributed by atoms with Crippen LogP contribution in [0.2, 0.25) is 0 Å². The van der Waals surface area contributed by atoms with Gasteiger partial charge in [0.15, 0.2) is 0 Å². The molecule has 0 N–H and O–H groups in total. The average molecular weight is 625 g/mol. The van der Waals surface area contributed by atoms with Crippen molar-refractivity contribution >= 4 is 21.8 Å². The molecule has 0 bridgehead atoms. The number of pyridine rings is 1. The molecule has 0 unspecified atom stereocenters. The summed E-state index contributed by atoms with van der Waals surface area (Å²) in [6, 6.07) is 69.2. The molecule has 0 radical (unpaired) electrons. The first-order valence-corrected chi connectivity index (χ1v) is 16.7. The van der Waals surface area contributed by atoms with E-state index in [9.17, 15) is 0 Å². The number of benzene rings is 7. The van der Waals surface area contributed by atoms with Crippen LogP contribution in [-0.2, 0) is 0 Å². The van der Waals surface area contributed by atoms with Gasteiger partial charge in [0.25, 0.3) is 0 Å². The predicted octanol–water partition coefficient (Wildman–Crippen LogP) is 12.5. The van der Waals surface area contributed by atoms with Crippen LogP contribution < -0.4 is 0 Å². The van der Waals surface area contributed by atoms with E-state index in [-0.39, 0.29) is 0 Å². The second-order valence-electron chi connectivity index (χ2n) is 12.4. The maximum Gasteiger partial charge on any atom is 0.0716 e. The Kier molecular flexibility index (Phi) is 7.18. The van der Waals surface area contributed by atoms with E-state index in [1.54, 1.807) is 0 Å². The molecule has 9 rings (SSSR count). The smallest absolute Gasteiger partial charge is 0.0716 e. The van der Waals surface area contributed by atoms with E-state index in [0.29, 0.717) is 0 Å². The molecule has 0 fully saturated rings. The Morgan fingerprint density at radius 3 is 1.20 bits per heavy atom. The van der Waals surface area contributed by atoms with E-state index in [4.69, 9.17) is 4.98 Å². The normalized spacial score (nSPS) is 11.3. The van der Waals surface area contributed by atoms with Crippen LogP contribution in [0, 0.1) is 0 Å². The summed E-state index contributed by atoms with van der Waals surface area (Å²) in [6.45, 7) is 0. The monoisotopic (exact) mass is 624 g/mol. The quantitative estimate of drug-likeness (QED) is 0.180. The Morgan fingerprint density at radius 1 is 0.286 bits per heavy atom. The molecule has 230 valence electrons. The van der Waals surface area contributed by atoms with E-state index in [0.717, 1.165) is 50.5 Å². The van der Waals surface area contributed by atoms with Crippen molar-refractivity contribution in [3.8, 4) is 61.6 Å². The van der Waals surface area contributed by atoms with E-state index in [2.05, 4.69) is 193 Å². The first kappa shape index (κ1) is 28.7. The van der Waals surface area contributed by atoms with E-state index < -0.39 is 0 Å². The molecule has 7 aromatic carbocycles. The van der Waals surface area contributed by atoms with Gasteiger partial charge in [-0.3, -0.25) is 0 Å². The molecule has 0 aliphatic rings. The van der Waals surface area contributed by atoms with Crippen molar-refractivity contribution in [3.05, 3.63) is 194 Å². The fraction of sp³-hybridized carbons (Fsp3) is 0. The molecule has 0 aliphatic carbocycles. The molecule has 2 aromatic heterocycles. The zero-order valence-electron chi connectivity index (χ0n) is 26.9. The lowest BCUT2D eigenvalue weighted by atomic mass is 9.93. The third-order valence-electron chi connectivity index (χ3n) is 9.38. The highest BCUT2D eigenvalue weighted by Gasteiger charge is 2.14. The lowest BCUT2D eigenvalue weighted by Gasteiger charge is -2.14. The number of hydrogen-bond acceptors (Lipinski definition) is 1. The van der Waals surface area contributed by atoms with Crippen molar-refractivity contribution in [2.75, 3.05) is 0 Å². The van der Waals surface area contributed by atoms with Crippen LogP contribution in [0.3, 0.4) is 0 Å². The molecular weight excluding hydrogens is 593 g/mol. The fourth-order valence-electron chi connectivity index (χ4n) is 6.98. The Hall–Kier alpha value is -6.51. The summed E-state index contributed by atoms with van der Waals surface area (Å²) in [4.78, 5) is 5.27. The predicted molar refractivity (Wildman–Crippen MR) is 206 cm³/mol. The van der Waals surface area contributed by atoms with Gasteiger partial charge in [0.1, 0.15) is 0 Å². The van der Waals surface area contributed by atoms with Crippen molar-refractivity contribution < 1.29 is 0 Å². The van der Waals surface area contributed by atoms with Crippen LogP contribution in [0.5, 0.6) is 0 Å².